The number of aromatic nitrogens is 1. The van der Waals surface area contributed by atoms with E-state index in [2.05, 4.69) is 191 Å². The van der Waals surface area contributed by atoms with E-state index < -0.39 is 0 Å². The quantitative estimate of drug-likeness (QED) is 0.175. The zero-order valence-corrected chi connectivity index (χ0v) is 32.4. The lowest BCUT2D eigenvalue weighted by molar-refractivity contribution is 0.667. The summed E-state index contributed by atoms with van der Waals surface area (Å²) in [6.07, 6.45) is 0. The van der Waals surface area contributed by atoms with Gasteiger partial charge >= 0.3 is 0 Å². The fourth-order valence-corrected chi connectivity index (χ4v) is 10.6. The lowest BCUT2D eigenvalue weighted by Gasteiger charge is -2.25. The molecule has 59 heavy (non-hydrogen) atoms. The molecule has 0 fully saturated rings. The number of rotatable bonds is 5. The van der Waals surface area contributed by atoms with Crippen molar-refractivity contribution in [2.45, 2.75) is 0 Å². The van der Waals surface area contributed by atoms with Gasteiger partial charge in [-0.3, -0.25) is 0 Å². The molecule has 13 rings (SSSR count). The molecule has 0 atom stereocenters. The number of hydrogen-bond acceptors (Lipinski definition) is 4. The lowest BCUT2D eigenvalue weighted by atomic mass is 10.0. The number of thiophene rings is 1. The molecule has 9 aromatic carbocycles. The molecule has 0 saturated carbocycles. The van der Waals surface area contributed by atoms with Crippen LogP contribution in [0.25, 0.3) is 103 Å². The number of benzene rings is 9. The SMILES string of the molecule is c1ccc2c(c1)oc1c(N(c3ccc(-c4cccc5c4sc4ccccc45)cc3)c3ccc4c(c3)oc3cccc(-n5c6ccccc6c6ccccc65)c34)cccc12. The second-order valence-corrected chi connectivity index (χ2v) is 16.3. The highest BCUT2D eigenvalue weighted by Crippen LogP contribution is 2.46. The molecule has 0 spiro atoms. The molecular formula is C54H32N2O2S. The van der Waals surface area contributed by atoms with Crippen LogP contribution in [0.15, 0.2) is 203 Å². The maximum absolute atomic E-state index is 6.79. The molecule has 5 heteroatoms. The molecule has 4 aromatic heterocycles. The molecule has 0 aliphatic rings. The molecule has 4 nitrogen and oxygen atoms in total. The average molecular weight is 773 g/mol. The van der Waals surface area contributed by atoms with Crippen LogP contribution in [0.4, 0.5) is 17.1 Å². The minimum Gasteiger partial charge on any atom is -0.456 e. The van der Waals surface area contributed by atoms with Gasteiger partial charge in [0.15, 0.2) is 5.58 Å². The third kappa shape index (κ3) is 4.77. The van der Waals surface area contributed by atoms with Gasteiger partial charge in [-0.15, -0.1) is 11.3 Å². The Morgan fingerprint density at radius 1 is 0.424 bits per heavy atom. The normalized spacial score (nSPS) is 12.1. The minimum absolute atomic E-state index is 0.820. The minimum atomic E-state index is 0.820. The highest BCUT2D eigenvalue weighted by atomic mass is 32.1. The van der Waals surface area contributed by atoms with Crippen molar-refractivity contribution in [1.82, 2.24) is 4.57 Å². The standard InChI is InChI=1S/C54H32N2O2S/c1-5-19-44-37(12-1)38-13-2-6-20-45(38)56(44)46-21-11-24-49-52(46)43-31-30-35(32-50(43)57-49)55(47-22-10-17-41-39-14-3-7-23-48(39)58-53(41)47)34-28-26-33(27-29-34)36-16-9-18-42-40-15-4-8-25-51(40)59-54(36)42/h1-32H. The van der Waals surface area contributed by atoms with Gasteiger partial charge in [-0.2, -0.15) is 0 Å². The lowest BCUT2D eigenvalue weighted by Crippen LogP contribution is -2.10. The van der Waals surface area contributed by atoms with Crippen LogP contribution in [0.3, 0.4) is 0 Å². The number of nitrogens with zero attached hydrogens (tertiary/aromatic N) is 2. The Bertz CT molecular complexity index is 3750. The summed E-state index contributed by atoms with van der Waals surface area (Å²) in [5, 5.41) is 9.40. The average Bonchev–Trinajstić information content (AvgIpc) is 4.06. The number of fused-ring (bicyclic) bond motifs is 12. The van der Waals surface area contributed by atoms with Crippen molar-refractivity contribution in [2.75, 3.05) is 4.90 Å². The fraction of sp³-hybridized carbons (Fsp3) is 0. The van der Waals surface area contributed by atoms with Gasteiger partial charge in [-0.1, -0.05) is 121 Å². The highest BCUT2D eigenvalue weighted by molar-refractivity contribution is 7.26. The zero-order valence-electron chi connectivity index (χ0n) is 31.6. The predicted octanol–water partition coefficient (Wildman–Crippen LogP) is 16.1. The first-order chi connectivity index (χ1) is 29.3. The van der Waals surface area contributed by atoms with Gasteiger partial charge in [0, 0.05) is 58.9 Å². The van der Waals surface area contributed by atoms with Crippen molar-refractivity contribution in [3.63, 3.8) is 0 Å². The van der Waals surface area contributed by atoms with Gasteiger partial charge in [0.2, 0.25) is 0 Å². The van der Waals surface area contributed by atoms with Crippen LogP contribution >= 0.6 is 11.3 Å². The first kappa shape index (κ1) is 32.5. The summed E-state index contributed by atoms with van der Waals surface area (Å²) in [4.78, 5) is 2.30. The van der Waals surface area contributed by atoms with Gasteiger partial charge in [0.25, 0.3) is 0 Å². The van der Waals surface area contributed by atoms with Crippen LogP contribution in [-0.2, 0) is 0 Å². The molecule has 13 aromatic rings. The van der Waals surface area contributed by atoms with E-state index in [1.54, 1.807) is 0 Å². The molecule has 4 heterocycles. The van der Waals surface area contributed by atoms with E-state index >= 15 is 0 Å². The molecule has 0 amide bonds. The predicted molar refractivity (Wildman–Crippen MR) is 248 cm³/mol. The van der Waals surface area contributed by atoms with Crippen LogP contribution in [-0.4, -0.2) is 4.57 Å². The number of anilines is 3. The Balaban J connectivity index is 1.01. The summed E-state index contributed by atoms with van der Waals surface area (Å²) in [6, 6.07) is 69.3. The molecule has 0 radical (unpaired) electrons. The van der Waals surface area contributed by atoms with Gasteiger partial charge in [0.05, 0.1) is 33.5 Å². The summed E-state index contributed by atoms with van der Waals surface area (Å²) in [5.41, 5.74) is 12.2. The topological polar surface area (TPSA) is 34.5 Å². The summed E-state index contributed by atoms with van der Waals surface area (Å²) >= 11 is 1.86. The third-order valence-electron chi connectivity index (χ3n) is 12.0. The fourth-order valence-electron chi connectivity index (χ4n) is 9.40. The van der Waals surface area contributed by atoms with Crippen molar-refractivity contribution in [3.05, 3.63) is 194 Å². The van der Waals surface area contributed by atoms with Crippen molar-refractivity contribution >= 4 is 114 Å². The number of furan rings is 2. The van der Waals surface area contributed by atoms with Crippen LogP contribution in [0, 0.1) is 0 Å². The summed E-state index contributed by atoms with van der Waals surface area (Å²) in [5.74, 6) is 0. The summed E-state index contributed by atoms with van der Waals surface area (Å²) < 4.78 is 18.5. The molecule has 0 aliphatic carbocycles. The summed E-state index contributed by atoms with van der Waals surface area (Å²) in [7, 11) is 0. The van der Waals surface area contributed by atoms with Gasteiger partial charge in [-0.05, 0) is 77.9 Å². The van der Waals surface area contributed by atoms with E-state index in [4.69, 9.17) is 8.83 Å². The van der Waals surface area contributed by atoms with Crippen LogP contribution < -0.4 is 4.90 Å². The Morgan fingerprint density at radius 3 is 1.90 bits per heavy atom. The largest absolute Gasteiger partial charge is 0.456 e. The first-order valence-corrected chi connectivity index (χ1v) is 20.7. The number of para-hydroxylation sites is 4. The van der Waals surface area contributed by atoms with E-state index in [9.17, 15) is 0 Å². The van der Waals surface area contributed by atoms with Gasteiger partial charge in [0.1, 0.15) is 16.7 Å². The van der Waals surface area contributed by atoms with Crippen LogP contribution in [0.2, 0.25) is 0 Å². The second kappa shape index (κ2) is 12.4. The summed E-state index contributed by atoms with van der Waals surface area (Å²) in [6.45, 7) is 0. The molecule has 0 aliphatic heterocycles. The Hall–Kier alpha value is -7.60. The smallest absolute Gasteiger partial charge is 0.159 e. The van der Waals surface area contributed by atoms with Crippen molar-refractivity contribution in [2.24, 2.45) is 0 Å². The van der Waals surface area contributed by atoms with E-state index in [-0.39, 0.29) is 0 Å². The van der Waals surface area contributed by atoms with Crippen molar-refractivity contribution in [1.29, 1.82) is 0 Å². The molecule has 0 unspecified atom stereocenters. The Labute approximate surface area is 342 Å². The van der Waals surface area contributed by atoms with Gasteiger partial charge in [-0.25, -0.2) is 0 Å². The van der Waals surface area contributed by atoms with E-state index in [1.807, 2.05) is 23.5 Å². The third-order valence-corrected chi connectivity index (χ3v) is 13.2. The maximum atomic E-state index is 6.79. The molecular weight excluding hydrogens is 741 g/mol. The highest BCUT2D eigenvalue weighted by Gasteiger charge is 2.23. The van der Waals surface area contributed by atoms with Crippen molar-refractivity contribution in [3.8, 4) is 16.8 Å². The second-order valence-electron chi connectivity index (χ2n) is 15.2. The van der Waals surface area contributed by atoms with E-state index in [0.29, 0.717) is 0 Å². The van der Waals surface area contributed by atoms with E-state index in [1.165, 1.54) is 53.1 Å². The maximum Gasteiger partial charge on any atom is 0.159 e. The van der Waals surface area contributed by atoms with Crippen molar-refractivity contribution < 1.29 is 8.83 Å². The Kier molecular flexibility index (Phi) is 6.85. The number of hydrogen-bond donors (Lipinski definition) is 0. The molecule has 0 saturated heterocycles. The van der Waals surface area contributed by atoms with E-state index in [0.717, 1.165) is 66.6 Å². The molecule has 0 bridgehead atoms. The molecule has 276 valence electrons. The van der Waals surface area contributed by atoms with Crippen LogP contribution in [0.5, 0.6) is 0 Å². The molecule has 0 N–H and O–H groups in total. The first-order valence-electron chi connectivity index (χ1n) is 19.9. The van der Waals surface area contributed by atoms with Crippen LogP contribution in [0.1, 0.15) is 0 Å². The monoisotopic (exact) mass is 772 g/mol. The van der Waals surface area contributed by atoms with Gasteiger partial charge < -0.3 is 18.3 Å². The Morgan fingerprint density at radius 2 is 1.07 bits per heavy atom. The zero-order chi connectivity index (χ0) is 38.6.